The summed E-state index contributed by atoms with van der Waals surface area (Å²) in [5, 5.41) is 5.40. The van der Waals surface area contributed by atoms with Crippen molar-refractivity contribution in [3.63, 3.8) is 0 Å². The molecule has 7 heteroatoms. The molecule has 0 radical (unpaired) electrons. The number of hydrogen-bond acceptors (Lipinski definition) is 2. The van der Waals surface area contributed by atoms with Gasteiger partial charge in [0.1, 0.15) is 5.75 Å². The monoisotopic (exact) mass is 338 g/mol. The molecule has 24 heavy (non-hydrogen) atoms. The lowest BCUT2D eigenvalue weighted by atomic mass is 10.1. The average Bonchev–Trinajstić information content (AvgIpc) is 2.48. The molecule has 0 bridgehead atoms. The number of aryl methyl sites for hydroxylation is 1. The molecule has 2 amide bonds. The Morgan fingerprint density at radius 1 is 1.04 bits per heavy atom. The maximum Gasteiger partial charge on any atom is 0.573 e. The van der Waals surface area contributed by atoms with Crippen molar-refractivity contribution in [3.8, 4) is 5.75 Å². The van der Waals surface area contributed by atoms with Gasteiger partial charge < -0.3 is 15.4 Å². The molecular formula is C17H17F3N2O2. The zero-order chi connectivity index (χ0) is 17.7. The number of anilines is 1. The molecule has 0 heterocycles. The fourth-order valence-electron chi connectivity index (χ4n) is 2.04. The van der Waals surface area contributed by atoms with E-state index in [2.05, 4.69) is 15.4 Å². The predicted molar refractivity (Wildman–Crippen MR) is 84.9 cm³/mol. The summed E-state index contributed by atoms with van der Waals surface area (Å²) in [5.74, 6) is -0.303. The van der Waals surface area contributed by atoms with Gasteiger partial charge in [-0.3, -0.25) is 0 Å². The molecule has 0 spiro atoms. The summed E-state index contributed by atoms with van der Waals surface area (Å²) in [5.41, 5.74) is 2.39. The van der Waals surface area contributed by atoms with Crippen molar-refractivity contribution in [1.82, 2.24) is 5.32 Å². The van der Waals surface area contributed by atoms with E-state index < -0.39 is 12.4 Å². The number of urea groups is 1. The highest BCUT2D eigenvalue weighted by atomic mass is 19.4. The Bertz CT molecular complexity index is 682. The summed E-state index contributed by atoms with van der Waals surface area (Å²) in [6.07, 6.45) is -4.72. The normalized spacial score (nSPS) is 12.4. The summed E-state index contributed by atoms with van der Waals surface area (Å²) in [6.45, 7) is 3.67. The van der Waals surface area contributed by atoms with E-state index in [1.807, 2.05) is 19.1 Å². The van der Waals surface area contributed by atoms with Crippen LogP contribution >= 0.6 is 0 Å². The van der Waals surface area contributed by atoms with E-state index in [1.165, 1.54) is 24.3 Å². The molecule has 0 saturated carbocycles. The number of amides is 2. The Labute approximate surface area is 137 Å². The minimum absolute atomic E-state index is 0.303. The number of carbonyl (C=O) groups is 1. The average molecular weight is 338 g/mol. The highest BCUT2D eigenvalue weighted by Gasteiger charge is 2.31. The van der Waals surface area contributed by atoms with Gasteiger partial charge in [0.25, 0.3) is 0 Å². The Kier molecular flexibility index (Phi) is 5.33. The Morgan fingerprint density at radius 2 is 1.62 bits per heavy atom. The smallest absolute Gasteiger partial charge is 0.406 e. The first kappa shape index (κ1) is 17.7. The van der Waals surface area contributed by atoms with Crippen LogP contribution in [0.3, 0.4) is 0 Å². The molecule has 4 nitrogen and oxygen atoms in total. The SMILES string of the molecule is Cc1ccc(NC(=O)NC(C)c2ccc(OC(F)(F)F)cc2)cc1. The van der Waals surface area contributed by atoms with Crippen LogP contribution < -0.4 is 15.4 Å². The van der Waals surface area contributed by atoms with Crippen molar-refractivity contribution < 1.29 is 22.7 Å². The minimum atomic E-state index is -4.72. The topological polar surface area (TPSA) is 50.4 Å². The van der Waals surface area contributed by atoms with Crippen LogP contribution in [0.25, 0.3) is 0 Å². The summed E-state index contributed by atoms with van der Waals surface area (Å²) in [7, 11) is 0. The zero-order valence-corrected chi connectivity index (χ0v) is 13.1. The van der Waals surface area contributed by atoms with Crippen molar-refractivity contribution in [2.45, 2.75) is 26.3 Å². The molecule has 0 aliphatic rings. The van der Waals surface area contributed by atoms with Crippen LogP contribution in [0.5, 0.6) is 5.75 Å². The molecule has 0 aliphatic carbocycles. The predicted octanol–water partition coefficient (Wildman–Crippen LogP) is 4.78. The lowest BCUT2D eigenvalue weighted by molar-refractivity contribution is -0.274. The van der Waals surface area contributed by atoms with Gasteiger partial charge in [0.2, 0.25) is 0 Å². The first-order valence-electron chi connectivity index (χ1n) is 7.23. The molecule has 1 atom stereocenters. The van der Waals surface area contributed by atoms with Gasteiger partial charge in [-0.1, -0.05) is 29.8 Å². The fourth-order valence-corrected chi connectivity index (χ4v) is 2.04. The number of hydrogen-bond donors (Lipinski definition) is 2. The zero-order valence-electron chi connectivity index (χ0n) is 13.1. The quantitative estimate of drug-likeness (QED) is 0.843. The Hall–Kier alpha value is -2.70. The van der Waals surface area contributed by atoms with Crippen LogP contribution in [-0.2, 0) is 0 Å². The maximum absolute atomic E-state index is 12.1. The maximum atomic E-state index is 12.1. The lowest BCUT2D eigenvalue weighted by Gasteiger charge is -2.16. The first-order chi connectivity index (χ1) is 11.2. The lowest BCUT2D eigenvalue weighted by Crippen LogP contribution is -2.31. The molecular weight excluding hydrogens is 321 g/mol. The molecule has 0 saturated heterocycles. The van der Waals surface area contributed by atoms with E-state index in [4.69, 9.17) is 0 Å². The van der Waals surface area contributed by atoms with Crippen LogP contribution in [0, 0.1) is 6.92 Å². The van der Waals surface area contributed by atoms with Gasteiger partial charge in [0.15, 0.2) is 0 Å². The largest absolute Gasteiger partial charge is 0.573 e. The summed E-state index contributed by atoms with van der Waals surface area (Å²) in [6, 6.07) is 11.9. The third kappa shape index (κ3) is 5.49. The van der Waals surface area contributed by atoms with Gasteiger partial charge in [0.05, 0.1) is 6.04 Å². The second-order valence-electron chi connectivity index (χ2n) is 5.30. The molecule has 0 fully saturated rings. The number of nitrogens with one attached hydrogen (secondary N) is 2. The summed E-state index contributed by atoms with van der Waals surface area (Å²) < 4.78 is 40.2. The highest BCUT2D eigenvalue weighted by Crippen LogP contribution is 2.24. The fraction of sp³-hybridized carbons (Fsp3) is 0.235. The first-order valence-corrected chi connectivity index (χ1v) is 7.23. The third-order valence-electron chi connectivity index (χ3n) is 3.27. The Balaban J connectivity index is 1.92. The molecule has 2 aromatic carbocycles. The Morgan fingerprint density at radius 3 is 2.17 bits per heavy atom. The summed E-state index contributed by atoms with van der Waals surface area (Å²) >= 11 is 0. The van der Waals surface area contributed by atoms with E-state index >= 15 is 0 Å². The van der Waals surface area contributed by atoms with Crippen molar-refractivity contribution in [1.29, 1.82) is 0 Å². The standard InChI is InChI=1S/C17H17F3N2O2/c1-11-3-7-14(8-4-11)22-16(23)21-12(2)13-5-9-15(10-6-13)24-17(18,19)20/h3-10,12H,1-2H3,(H2,21,22,23). The van der Waals surface area contributed by atoms with Crippen LogP contribution in [0.2, 0.25) is 0 Å². The second-order valence-corrected chi connectivity index (χ2v) is 5.30. The number of rotatable bonds is 4. The van der Waals surface area contributed by atoms with Crippen LogP contribution in [0.4, 0.5) is 23.7 Å². The van der Waals surface area contributed by atoms with Crippen molar-refractivity contribution in [2.24, 2.45) is 0 Å². The number of ether oxygens (including phenoxy) is 1. The van der Waals surface area contributed by atoms with Gasteiger partial charge in [0, 0.05) is 5.69 Å². The van der Waals surface area contributed by atoms with Gasteiger partial charge in [-0.05, 0) is 43.7 Å². The van der Waals surface area contributed by atoms with E-state index in [-0.39, 0.29) is 11.8 Å². The van der Waals surface area contributed by atoms with Crippen LogP contribution in [0.1, 0.15) is 24.1 Å². The molecule has 2 N–H and O–H groups in total. The highest BCUT2D eigenvalue weighted by molar-refractivity contribution is 5.89. The van der Waals surface area contributed by atoms with Gasteiger partial charge >= 0.3 is 12.4 Å². The van der Waals surface area contributed by atoms with E-state index in [1.54, 1.807) is 19.1 Å². The van der Waals surface area contributed by atoms with Crippen molar-refractivity contribution >= 4 is 11.7 Å². The number of alkyl halides is 3. The van der Waals surface area contributed by atoms with E-state index in [9.17, 15) is 18.0 Å². The second kappa shape index (κ2) is 7.25. The molecule has 0 aromatic heterocycles. The number of halogens is 3. The number of benzene rings is 2. The van der Waals surface area contributed by atoms with Crippen LogP contribution in [-0.4, -0.2) is 12.4 Å². The van der Waals surface area contributed by atoms with Gasteiger partial charge in [-0.2, -0.15) is 0 Å². The third-order valence-corrected chi connectivity index (χ3v) is 3.27. The molecule has 1 unspecified atom stereocenters. The minimum Gasteiger partial charge on any atom is -0.406 e. The molecule has 0 aliphatic heterocycles. The molecule has 128 valence electrons. The van der Waals surface area contributed by atoms with E-state index in [0.29, 0.717) is 11.3 Å². The van der Waals surface area contributed by atoms with Gasteiger partial charge in [-0.25, -0.2) is 4.79 Å². The van der Waals surface area contributed by atoms with Gasteiger partial charge in [-0.15, -0.1) is 13.2 Å². The summed E-state index contributed by atoms with van der Waals surface area (Å²) in [4.78, 5) is 11.9. The van der Waals surface area contributed by atoms with Crippen molar-refractivity contribution in [3.05, 3.63) is 59.7 Å². The molecule has 2 rings (SSSR count). The van der Waals surface area contributed by atoms with E-state index in [0.717, 1.165) is 5.56 Å². The van der Waals surface area contributed by atoms with Crippen molar-refractivity contribution in [2.75, 3.05) is 5.32 Å². The van der Waals surface area contributed by atoms with Crippen LogP contribution in [0.15, 0.2) is 48.5 Å². The molecule has 2 aromatic rings. The number of carbonyl (C=O) groups excluding carboxylic acids is 1.